The molecule has 1 heterocycles. The molecule has 0 spiro atoms. The van der Waals surface area contributed by atoms with Gasteiger partial charge in [-0.2, -0.15) is 0 Å². The number of aliphatic carboxylic acids is 1. The summed E-state index contributed by atoms with van der Waals surface area (Å²) < 4.78 is 32.5. The summed E-state index contributed by atoms with van der Waals surface area (Å²) in [6.45, 7) is -0.142. The van der Waals surface area contributed by atoms with Crippen molar-refractivity contribution in [3.05, 3.63) is 59.7 Å². The van der Waals surface area contributed by atoms with Gasteiger partial charge in [-0.1, -0.05) is 6.07 Å². The fraction of sp³-hybridized carbons (Fsp3) is 0.222. The SMILES string of the molecule is O=C(O)[C@@H]1CC(=O)N(c2ccc(OCc3c(F)cccc3F)cc2)C1. The maximum atomic E-state index is 13.6. The van der Waals surface area contributed by atoms with Crippen LogP contribution < -0.4 is 9.64 Å². The first-order valence-corrected chi connectivity index (χ1v) is 7.64. The van der Waals surface area contributed by atoms with Crippen LogP contribution in [0.4, 0.5) is 14.5 Å². The number of nitrogens with zero attached hydrogens (tertiary/aromatic N) is 1. The number of halogens is 2. The lowest BCUT2D eigenvalue weighted by molar-refractivity contribution is -0.141. The highest BCUT2D eigenvalue weighted by molar-refractivity contribution is 5.99. The number of anilines is 1. The quantitative estimate of drug-likeness (QED) is 0.903. The fourth-order valence-electron chi connectivity index (χ4n) is 2.67. The Balaban J connectivity index is 1.67. The van der Waals surface area contributed by atoms with Crippen molar-refractivity contribution in [2.75, 3.05) is 11.4 Å². The average molecular weight is 347 g/mol. The van der Waals surface area contributed by atoms with E-state index in [2.05, 4.69) is 0 Å². The van der Waals surface area contributed by atoms with Gasteiger partial charge in [0.15, 0.2) is 0 Å². The van der Waals surface area contributed by atoms with Crippen LogP contribution in [0.25, 0.3) is 0 Å². The van der Waals surface area contributed by atoms with E-state index < -0.39 is 23.5 Å². The molecule has 0 bridgehead atoms. The van der Waals surface area contributed by atoms with Crippen LogP contribution in [0.3, 0.4) is 0 Å². The van der Waals surface area contributed by atoms with E-state index in [9.17, 15) is 18.4 Å². The number of ether oxygens (including phenoxy) is 1. The van der Waals surface area contributed by atoms with Crippen molar-refractivity contribution in [1.29, 1.82) is 0 Å². The molecule has 3 rings (SSSR count). The molecule has 5 nitrogen and oxygen atoms in total. The summed E-state index contributed by atoms with van der Waals surface area (Å²) in [6.07, 6.45) is -0.0276. The van der Waals surface area contributed by atoms with Gasteiger partial charge in [-0.05, 0) is 36.4 Å². The second-order valence-electron chi connectivity index (χ2n) is 5.73. The first-order valence-electron chi connectivity index (χ1n) is 7.64. The molecule has 1 N–H and O–H groups in total. The summed E-state index contributed by atoms with van der Waals surface area (Å²) >= 11 is 0. The highest BCUT2D eigenvalue weighted by atomic mass is 19.1. The fourth-order valence-corrected chi connectivity index (χ4v) is 2.67. The van der Waals surface area contributed by atoms with E-state index in [1.54, 1.807) is 24.3 Å². The molecule has 2 aromatic carbocycles. The zero-order valence-corrected chi connectivity index (χ0v) is 13.1. The lowest BCUT2D eigenvalue weighted by Gasteiger charge is -2.16. The summed E-state index contributed by atoms with van der Waals surface area (Å²) in [6, 6.07) is 9.93. The van der Waals surface area contributed by atoms with Gasteiger partial charge in [0.25, 0.3) is 0 Å². The van der Waals surface area contributed by atoms with Gasteiger partial charge in [0.1, 0.15) is 24.0 Å². The highest BCUT2D eigenvalue weighted by Crippen LogP contribution is 2.27. The Labute approximate surface area is 142 Å². The number of carboxylic acids is 1. The van der Waals surface area contributed by atoms with E-state index in [1.165, 1.54) is 11.0 Å². The van der Waals surface area contributed by atoms with Gasteiger partial charge in [0, 0.05) is 18.7 Å². The molecule has 7 heteroatoms. The molecule has 1 amide bonds. The Morgan fingerprint density at radius 1 is 1.16 bits per heavy atom. The molecular formula is C18H15F2NO4. The number of carbonyl (C=O) groups excluding carboxylic acids is 1. The van der Waals surface area contributed by atoms with Crippen molar-refractivity contribution in [1.82, 2.24) is 0 Å². The Bertz CT molecular complexity index is 787. The van der Waals surface area contributed by atoms with Crippen molar-refractivity contribution >= 4 is 17.6 Å². The molecule has 25 heavy (non-hydrogen) atoms. The van der Waals surface area contributed by atoms with Gasteiger partial charge in [-0.25, -0.2) is 8.78 Å². The van der Waals surface area contributed by atoms with Crippen molar-refractivity contribution in [3.63, 3.8) is 0 Å². The predicted molar refractivity (Wildman–Crippen MR) is 85.2 cm³/mol. The van der Waals surface area contributed by atoms with Crippen LogP contribution in [-0.4, -0.2) is 23.5 Å². The molecule has 2 aromatic rings. The topological polar surface area (TPSA) is 66.8 Å². The van der Waals surface area contributed by atoms with Crippen LogP contribution in [0.15, 0.2) is 42.5 Å². The monoisotopic (exact) mass is 347 g/mol. The predicted octanol–water partition coefficient (Wildman–Crippen LogP) is 2.98. The summed E-state index contributed by atoms with van der Waals surface area (Å²) in [7, 11) is 0. The molecule has 1 atom stereocenters. The molecule has 1 saturated heterocycles. The first kappa shape index (κ1) is 16.9. The minimum Gasteiger partial charge on any atom is -0.489 e. The summed E-state index contributed by atoms with van der Waals surface area (Å²) in [5, 5.41) is 9.00. The van der Waals surface area contributed by atoms with Crippen molar-refractivity contribution in [3.8, 4) is 5.75 Å². The van der Waals surface area contributed by atoms with Crippen LogP contribution in [0, 0.1) is 17.6 Å². The normalized spacial score (nSPS) is 17.0. The van der Waals surface area contributed by atoms with Gasteiger partial charge in [-0.15, -0.1) is 0 Å². The van der Waals surface area contributed by atoms with Crippen LogP contribution >= 0.6 is 0 Å². The second-order valence-corrected chi connectivity index (χ2v) is 5.73. The zero-order chi connectivity index (χ0) is 18.0. The molecule has 1 aliphatic heterocycles. The van der Waals surface area contributed by atoms with Gasteiger partial charge in [0.05, 0.1) is 11.5 Å². The minimum atomic E-state index is -0.997. The Morgan fingerprint density at radius 2 is 1.80 bits per heavy atom. The van der Waals surface area contributed by atoms with Crippen LogP contribution in [0.5, 0.6) is 5.75 Å². The molecular weight excluding hydrogens is 332 g/mol. The smallest absolute Gasteiger partial charge is 0.308 e. The Hall–Kier alpha value is -2.96. The van der Waals surface area contributed by atoms with E-state index in [1.807, 2.05) is 0 Å². The third-order valence-corrected chi connectivity index (χ3v) is 4.07. The molecule has 0 radical (unpaired) electrons. The molecule has 1 aliphatic rings. The average Bonchev–Trinajstić information content (AvgIpc) is 2.97. The number of carbonyl (C=O) groups is 2. The first-order chi connectivity index (χ1) is 12.0. The molecule has 1 fully saturated rings. The molecule has 130 valence electrons. The second kappa shape index (κ2) is 6.88. The number of hydrogen-bond donors (Lipinski definition) is 1. The lowest BCUT2D eigenvalue weighted by Crippen LogP contribution is -2.25. The number of hydrogen-bond acceptors (Lipinski definition) is 3. The molecule has 0 unspecified atom stereocenters. The maximum absolute atomic E-state index is 13.6. The molecule has 0 saturated carbocycles. The number of benzene rings is 2. The third kappa shape index (κ3) is 3.60. The standard InChI is InChI=1S/C18H15F2NO4/c19-15-2-1-3-16(20)14(15)10-25-13-6-4-12(5-7-13)21-9-11(18(23)24)8-17(21)22/h1-7,11H,8-10H2,(H,23,24)/t11-/m1/s1. The molecule has 0 aliphatic carbocycles. The Morgan fingerprint density at radius 3 is 2.36 bits per heavy atom. The summed E-state index contributed by atoms with van der Waals surface area (Å²) in [5.74, 6) is -2.95. The highest BCUT2D eigenvalue weighted by Gasteiger charge is 2.34. The third-order valence-electron chi connectivity index (χ3n) is 4.07. The number of rotatable bonds is 5. The lowest BCUT2D eigenvalue weighted by atomic mass is 10.1. The molecule has 0 aromatic heterocycles. The van der Waals surface area contributed by atoms with Gasteiger partial charge < -0.3 is 14.7 Å². The minimum absolute atomic E-state index is 0.0276. The van der Waals surface area contributed by atoms with E-state index >= 15 is 0 Å². The van der Waals surface area contributed by atoms with E-state index in [0.29, 0.717) is 11.4 Å². The van der Waals surface area contributed by atoms with Crippen molar-refractivity contribution in [2.45, 2.75) is 13.0 Å². The van der Waals surface area contributed by atoms with Gasteiger partial charge in [0.2, 0.25) is 5.91 Å². The zero-order valence-electron chi connectivity index (χ0n) is 13.1. The summed E-state index contributed by atoms with van der Waals surface area (Å²) in [5.41, 5.74) is 0.392. The van der Waals surface area contributed by atoms with E-state index in [4.69, 9.17) is 9.84 Å². The van der Waals surface area contributed by atoms with Crippen molar-refractivity contribution < 1.29 is 28.2 Å². The number of amides is 1. The van der Waals surface area contributed by atoms with E-state index in [0.717, 1.165) is 12.1 Å². The van der Waals surface area contributed by atoms with Crippen LogP contribution in [-0.2, 0) is 16.2 Å². The van der Waals surface area contributed by atoms with Crippen molar-refractivity contribution in [2.24, 2.45) is 5.92 Å². The summed E-state index contributed by atoms with van der Waals surface area (Å²) in [4.78, 5) is 24.3. The van der Waals surface area contributed by atoms with Gasteiger partial charge >= 0.3 is 5.97 Å². The number of carboxylic acid groups (broad SMARTS) is 1. The van der Waals surface area contributed by atoms with Crippen LogP contribution in [0.2, 0.25) is 0 Å². The van der Waals surface area contributed by atoms with Crippen LogP contribution in [0.1, 0.15) is 12.0 Å². The Kier molecular flexibility index (Phi) is 4.65. The van der Waals surface area contributed by atoms with Gasteiger partial charge in [-0.3, -0.25) is 9.59 Å². The largest absolute Gasteiger partial charge is 0.489 e. The maximum Gasteiger partial charge on any atom is 0.308 e. The van der Waals surface area contributed by atoms with E-state index in [-0.39, 0.29) is 31.0 Å².